The van der Waals surface area contributed by atoms with E-state index in [2.05, 4.69) is 11.8 Å². The van der Waals surface area contributed by atoms with Crippen molar-refractivity contribution >= 4 is 0 Å². The van der Waals surface area contributed by atoms with Gasteiger partial charge in [0.15, 0.2) is 0 Å². The van der Waals surface area contributed by atoms with Crippen LogP contribution in [-0.2, 0) is 6.42 Å². The standard InChI is InChI=1S/C14H16O2/c1-2-3-4-9-16-12-6-7-13-11(10-12)5-8-14(13)15/h6-7,10,14-15H,4-5,8-9H2,1H3. The molecule has 84 valence electrons. The molecule has 0 saturated heterocycles. The normalized spacial score (nSPS) is 17.5. The molecular weight excluding hydrogens is 200 g/mol. The summed E-state index contributed by atoms with van der Waals surface area (Å²) >= 11 is 0. The van der Waals surface area contributed by atoms with E-state index in [0.29, 0.717) is 6.61 Å². The van der Waals surface area contributed by atoms with Crippen LogP contribution in [0.1, 0.15) is 37.0 Å². The molecule has 1 aliphatic carbocycles. The Morgan fingerprint density at radius 1 is 1.50 bits per heavy atom. The van der Waals surface area contributed by atoms with Gasteiger partial charge in [-0.2, -0.15) is 0 Å². The number of hydrogen-bond acceptors (Lipinski definition) is 2. The fraction of sp³-hybridized carbons (Fsp3) is 0.429. The van der Waals surface area contributed by atoms with E-state index < -0.39 is 0 Å². The molecule has 1 unspecified atom stereocenters. The minimum absolute atomic E-state index is 0.282. The number of aliphatic hydroxyl groups is 1. The Morgan fingerprint density at radius 3 is 3.19 bits per heavy atom. The molecule has 0 fully saturated rings. The van der Waals surface area contributed by atoms with Gasteiger partial charge in [0.2, 0.25) is 0 Å². The van der Waals surface area contributed by atoms with E-state index in [1.165, 1.54) is 5.56 Å². The van der Waals surface area contributed by atoms with E-state index in [9.17, 15) is 5.11 Å². The monoisotopic (exact) mass is 216 g/mol. The van der Waals surface area contributed by atoms with Crippen molar-refractivity contribution in [1.29, 1.82) is 0 Å². The smallest absolute Gasteiger partial charge is 0.119 e. The zero-order valence-corrected chi connectivity index (χ0v) is 9.49. The fourth-order valence-corrected chi connectivity index (χ4v) is 2.01. The van der Waals surface area contributed by atoms with Crippen LogP contribution in [-0.4, -0.2) is 11.7 Å². The molecule has 0 bridgehead atoms. The number of benzene rings is 1. The van der Waals surface area contributed by atoms with E-state index in [1.807, 2.05) is 25.1 Å². The first-order chi connectivity index (χ1) is 7.81. The van der Waals surface area contributed by atoms with Gasteiger partial charge in [0.05, 0.1) is 12.7 Å². The topological polar surface area (TPSA) is 29.5 Å². The molecule has 0 amide bonds. The summed E-state index contributed by atoms with van der Waals surface area (Å²) in [6.45, 7) is 2.46. The molecule has 2 heteroatoms. The maximum absolute atomic E-state index is 9.66. The average molecular weight is 216 g/mol. The lowest BCUT2D eigenvalue weighted by Crippen LogP contribution is -1.97. The Kier molecular flexibility index (Phi) is 3.48. The molecule has 0 spiro atoms. The molecule has 1 aromatic carbocycles. The molecule has 1 aliphatic rings. The van der Waals surface area contributed by atoms with E-state index in [1.54, 1.807) is 0 Å². The van der Waals surface area contributed by atoms with Crippen molar-refractivity contribution in [3.8, 4) is 17.6 Å². The molecular formula is C14H16O2. The van der Waals surface area contributed by atoms with Gasteiger partial charge >= 0.3 is 0 Å². The summed E-state index contributed by atoms with van der Waals surface area (Å²) in [5.74, 6) is 6.68. The van der Waals surface area contributed by atoms with Crippen LogP contribution in [0.25, 0.3) is 0 Å². The van der Waals surface area contributed by atoms with E-state index in [4.69, 9.17) is 4.74 Å². The molecule has 0 radical (unpaired) electrons. The fourth-order valence-electron chi connectivity index (χ4n) is 2.01. The second kappa shape index (κ2) is 5.05. The first kappa shape index (κ1) is 11.0. The number of aryl methyl sites for hydroxylation is 1. The van der Waals surface area contributed by atoms with E-state index >= 15 is 0 Å². The number of fused-ring (bicyclic) bond motifs is 1. The highest BCUT2D eigenvalue weighted by Crippen LogP contribution is 2.33. The largest absolute Gasteiger partial charge is 0.493 e. The molecule has 0 heterocycles. The summed E-state index contributed by atoms with van der Waals surface area (Å²) in [6, 6.07) is 5.92. The third-order valence-electron chi connectivity index (χ3n) is 2.83. The third kappa shape index (κ3) is 2.37. The van der Waals surface area contributed by atoms with Crippen LogP contribution in [0.3, 0.4) is 0 Å². The minimum Gasteiger partial charge on any atom is -0.493 e. The molecule has 16 heavy (non-hydrogen) atoms. The highest BCUT2D eigenvalue weighted by atomic mass is 16.5. The van der Waals surface area contributed by atoms with Crippen molar-refractivity contribution in [3.05, 3.63) is 29.3 Å². The van der Waals surface area contributed by atoms with Gasteiger partial charge in [-0.25, -0.2) is 0 Å². The van der Waals surface area contributed by atoms with Crippen LogP contribution >= 0.6 is 0 Å². The van der Waals surface area contributed by atoms with Crippen molar-refractivity contribution in [2.75, 3.05) is 6.61 Å². The third-order valence-corrected chi connectivity index (χ3v) is 2.83. The van der Waals surface area contributed by atoms with E-state index in [0.717, 1.165) is 30.6 Å². The maximum Gasteiger partial charge on any atom is 0.119 e. The summed E-state index contributed by atoms with van der Waals surface area (Å²) in [6.07, 6.45) is 2.26. The predicted octanol–water partition coefficient (Wildman–Crippen LogP) is 2.46. The second-order valence-electron chi connectivity index (χ2n) is 3.94. The summed E-state index contributed by atoms with van der Waals surface area (Å²) in [5, 5.41) is 9.66. The molecule has 1 atom stereocenters. The Balaban J connectivity index is 1.98. The van der Waals surface area contributed by atoms with Crippen LogP contribution in [0, 0.1) is 11.8 Å². The number of ether oxygens (including phenoxy) is 1. The van der Waals surface area contributed by atoms with Gasteiger partial charge in [-0.1, -0.05) is 6.07 Å². The van der Waals surface area contributed by atoms with Crippen LogP contribution in [0.4, 0.5) is 0 Å². The van der Waals surface area contributed by atoms with E-state index in [-0.39, 0.29) is 6.10 Å². The van der Waals surface area contributed by atoms with Crippen molar-refractivity contribution in [2.24, 2.45) is 0 Å². The summed E-state index contributed by atoms with van der Waals surface area (Å²) in [4.78, 5) is 0. The van der Waals surface area contributed by atoms with Gasteiger partial charge < -0.3 is 9.84 Å². The first-order valence-electron chi connectivity index (χ1n) is 5.64. The summed E-state index contributed by atoms with van der Waals surface area (Å²) < 4.78 is 5.58. The molecule has 2 nitrogen and oxygen atoms in total. The van der Waals surface area contributed by atoms with Crippen molar-refractivity contribution in [2.45, 2.75) is 32.3 Å². The van der Waals surface area contributed by atoms with Gasteiger partial charge in [-0.15, -0.1) is 11.8 Å². The van der Waals surface area contributed by atoms with Gasteiger partial charge in [0, 0.05) is 6.42 Å². The van der Waals surface area contributed by atoms with Crippen molar-refractivity contribution in [3.63, 3.8) is 0 Å². The number of hydrogen-bond donors (Lipinski definition) is 1. The molecule has 0 aromatic heterocycles. The molecule has 2 rings (SSSR count). The average Bonchev–Trinajstić information content (AvgIpc) is 2.66. The summed E-state index contributed by atoms with van der Waals surface area (Å²) in [7, 11) is 0. The SMILES string of the molecule is CC#CCCOc1ccc2c(c1)CCC2O. The zero-order chi connectivity index (χ0) is 11.4. The van der Waals surface area contributed by atoms with Gasteiger partial charge in [0.1, 0.15) is 5.75 Å². The minimum atomic E-state index is -0.282. The number of aliphatic hydroxyl groups excluding tert-OH is 1. The lowest BCUT2D eigenvalue weighted by molar-refractivity contribution is 0.180. The van der Waals surface area contributed by atoms with Crippen molar-refractivity contribution < 1.29 is 9.84 Å². The number of rotatable bonds is 3. The van der Waals surface area contributed by atoms with Gasteiger partial charge in [-0.05, 0) is 43.0 Å². The maximum atomic E-state index is 9.66. The molecule has 1 N–H and O–H groups in total. The lowest BCUT2D eigenvalue weighted by Gasteiger charge is -2.07. The Labute approximate surface area is 96.3 Å². The first-order valence-corrected chi connectivity index (χ1v) is 5.64. The van der Waals surface area contributed by atoms with Gasteiger partial charge in [-0.3, -0.25) is 0 Å². The zero-order valence-electron chi connectivity index (χ0n) is 9.49. The highest BCUT2D eigenvalue weighted by Gasteiger charge is 2.20. The summed E-state index contributed by atoms with van der Waals surface area (Å²) in [5.41, 5.74) is 2.27. The Bertz CT molecular complexity index is 426. The molecule has 0 saturated carbocycles. The highest BCUT2D eigenvalue weighted by molar-refractivity contribution is 5.39. The Hall–Kier alpha value is -1.46. The molecule has 0 aliphatic heterocycles. The predicted molar refractivity (Wildman–Crippen MR) is 63.3 cm³/mol. The van der Waals surface area contributed by atoms with Crippen LogP contribution in [0.5, 0.6) is 5.75 Å². The van der Waals surface area contributed by atoms with Crippen LogP contribution in [0.15, 0.2) is 18.2 Å². The Morgan fingerprint density at radius 2 is 2.38 bits per heavy atom. The lowest BCUT2D eigenvalue weighted by atomic mass is 10.1. The van der Waals surface area contributed by atoms with Crippen LogP contribution in [0.2, 0.25) is 0 Å². The van der Waals surface area contributed by atoms with Crippen LogP contribution < -0.4 is 4.74 Å². The van der Waals surface area contributed by atoms with Crippen molar-refractivity contribution in [1.82, 2.24) is 0 Å². The molecule has 1 aromatic rings. The quantitative estimate of drug-likeness (QED) is 0.621. The van der Waals surface area contributed by atoms with Gasteiger partial charge in [0.25, 0.3) is 0 Å². The second-order valence-corrected chi connectivity index (χ2v) is 3.94.